The fourth-order valence-corrected chi connectivity index (χ4v) is 3.05. The van der Waals surface area contributed by atoms with Gasteiger partial charge in [-0.2, -0.15) is 0 Å². The van der Waals surface area contributed by atoms with E-state index in [0.29, 0.717) is 0 Å². The molecule has 0 amide bonds. The molecule has 120 valence electrons. The molecule has 4 nitrogen and oxygen atoms in total. The number of nitrogens with two attached hydrogens (primary N) is 1. The monoisotopic (exact) mass is 297 g/mol. The van der Waals surface area contributed by atoms with Gasteiger partial charge in [-0.1, -0.05) is 26.8 Å². The predicted molar refractivity (Wildman–Crippen MR) is 84.6 cm³/mol. The summed E-state index contributed by atoms with van der Waals surface area (Å²) in [6.45, 7) is 10.4. The second-order valence-corrected chi connectivity index (χ2v) is 5.38. The van der Waals surface area contributed by atoms with Crippen LogP contribution in [0.3, 0.4) is 0 Å². The van der Waals surface area contributed by atoms with Crippen LogP contribution in [0.5, 0.6) is 5.75 Å². The molecular weight excluding hydrogens is 269 g/mol. The molecule has 2 unspecified atom stereocenters. The van der Waals surface area contributed by atoms with Crippen molar-refractivity contribution in [2.24, 2.45) is 5.84 Å². The van der Waals surface area contributed by atoms with E-state index in [4.69, 9.17) is 10.6 Å². The standard InChI is InChI=1S/C16H28FN3O/c1-6-16(4,20(7-2)8-3)15(19-18)12-9-10-14(21-5)13(17)11-12/h9-11,15,19H,6-8,18H2,1-5H3. The summed E-state index contributed by atoms with van der Waals surface area (Å²) in [6.07, 6.45) is 0.900. The number of hydrogen-bond acceptors (Lipinski definition) is 4. The molecule has 5 heteroatoms. The Morgan fingerprint density at radius 2 is 1.95 bits per heavy atom. The van der Waals surface area contributed by atoms with Crippen LogP contribution < -0.4 is 16.0 Å². The molecule has 0 aromatic heterocycles. The first-order valence-corrected chi connectivity index (χ1v) is 7.53. The number of ether oxygens (including phenoxy) is 1. The van der Waals surface area contributed by atoms with Crippen LogP contribution in [-0.4, -0.2) is 30.6 Å². The predicted octanol–water partition coefficient (Wildman–Crippen LogP) is 2.85. The Morgan fingerprint density at radius 3 is 2.33 bits per heavy atom. The third-order valence-corrected chi connectivity index (χ3v) is 4.50. The van der Waals surface area contributed by atoms with Crippen molar-refractivity contribution < 1.29 is 9.13 Å². The van der Waals surface area contributed by atoms with Crippen LogP contribution in [0.25, 0.3) is 0 Å². The van der Waals surface area contributed by atoms with Gasteiger partial charge in [-0.15, -0.1) is 0 Å². The molecule has 0 aliphatic rings. The number of rotatable bonds is 8. The molecule has 0 radical (unpaired) electrons. The molecule has 1 rings (SSSR count). The molecule has 0 fully saturated rings. The second-order valence-electron chi connectivity index (χ2n) is 5.38. The minimum atomic E-state index is -0.367. The van der Waals surface area contributed by atoms with Crippen LogP contribution in [0.15, 0.2) is 18.2 Å². The number of hydrogen-bond donors (Lipinski definition) is 2. The lowest BCUT2D eigenvalue weighted by Crippen LogP contribution is -2.55. The van der Waals surface area contributed by atoms with E-state index in [1.165, 1.54) is 13.2 Å². The van der Waals surface area contributed by atoms with Crippen molar-refractivity contribution in [2.75, 3.05) is 20.2 Å². The lowest BCUT2D eigenvalue weighted by atomic mass is 9.83. The molecule has 0 aliphatic heterocycles. The lowest BCUT2D eigenvalue weighted by Gasteiger charge is -2.45. The summed E-state index contributed by atoms with van der Waals surface area (Å²) < 4.78 is 19.0. The van der Waals surface area contributed by atoms with Gasteiger partial charge in [-0.3, -0.25) is 16.2 Å². The summed E-state index contributed by atoms with van der Waals surface area (Å²) >= 11 is 0. The fourth-order valence-electron chi connectivity index (χ4n) is 3.05. The highest BCUT2D eigenvalue weighted by Crippen LogP contribution is 2.35. The van der Waals surface area contributed by atoms with Crippen molar-refractivity contribution in [1.29, 1.82) is 0 Å². The van der Waals surface area contributed by atoms with E-state index in [0.717, 1.165) is 25.1 Å². The van der Waals surface area contributed by atoms with Crippen molar-refractivity contribution in [3.05, 3.63) is 29.6 Å². The zero-order valence-corrected chi connectivity index (χ0v) is 13.7. The minimum absolute atomic E-state index is 0.164. The van der Waals surface area contributed by atoms with Gasteiger partial charge in [-0.05, 0) is 44.1 Å². The van der Waals surface area contributed by atoms with Gasteiger partial charge in [0.2, 0.25) is 0 Å². The topological polar surface area (TPSA) is 50.5 Å². The highest BCUT2D eigenvalue weighted by Gasteiger charge is 2.37. The van der Waals surface area contributed by atoms with Gasteiger partial charge in [0.1, 0.15) is 0 Å². The van der Waals surface area contributed by atoms with Crippen LogP contribution in [-0.2, 0) is 0 Å². The number of halogens is 1. The van der Waals surface area contributed by atoms with E-state index in [1.807, 2.05) is 6.07 Å². The van der Waals surface area contributed by atoms with Crippen LogP contribution in [0.1, 0.15) is 45.7 Å². The van der Waals surface area contributed by atoms with Gasteiger partial charge < -0.3 is 4.74 Å². The highest BCUT2D eigenvalue weighted by molar-refractivity contribution is 5.32. The van der Waals surface area contributed by atoms with Gasteiger partial charge in [-0.25, -0.2) is 4.39 Å². The Hall–Kier alpha value is -1.17. The van der Waals surface area contributed by atoms with Gasteiger partial charge >= 0.3 is 0 Å². The van der Waals surface area contributed by atoms with Crippen molar-refractivity contribution in [2.45, 2.75) is 45.7 Å². The van der Waals surface area contributed by atoms with E-state index < -0.39 is 0 Å². The summed E-state index contributed by atoms with van der Waals surface area (Å²) in [5.74, 6) is 5.68. The number of hydrazine groups is 1. The first-order chi connectivity index (χ1) is 9.98. The van der Waals surface area contributed by atoms with Crippen molar-refractivity contribution in [3.8, 4) is 5.75 Å². The molecule has 1 aromatic carbocycles. The zero-order valence-electron chi connectivity index (χ0n) is 13.7. The second kappa shape index (κ2) is 7.73. The van der Waals surface area contributed by atoms with Crippen molar-refractivity contribution >= 4 is 0 Å². The molecule has 0 bridgehead atoms. The molecule has 21 heavy (non-hydrogen) atoms. The third kappa shape index (κ3) is 3.54. The first-order valence-electron chi connectivity index (χ1n) is 7.53. The smallest absolute Gasteiger partial charge is 0.165 e. The van der Waals surface area contributed by atoms with E-state index >= 15 is 0 Å². The Labute approximate surface area is 127 Å². The minimum Gasteiger partial charge on any atom is -0.494 e. The Morgan fingerprint density at radius 1 is 1.33 bits per heavy atom. The molecule has 1 aromatic rings. The zero-order chi connectivity index (χ0) is 16.0. The molecular formula is C16H28FN3O. The van der Waals surface area contributed by atoms with E-state index in [-0.39, 0.29) is 23.1 Å². The SMILES string of the molecule is CCN(CC)C(C)(CC)C(NN)c1ccc(OC)c(F)c1. The normalized spacial score (nSPS) is 15.8. The summed E-state index contributed by atoms with van der Waals surface area (Å²) in [7, 11) is 1.46. The molecule has 0 saturated heterocycles. The highest BCUT2D eigenvalue weighted by atomic mass is 19.1. The number of methoxy groups -OCH3 is 1. The van der Waals surface area contributed by atoms with Crippen molar-refractivity contribution in [3.63, 3.8) is 0 Å². The van der Waals surface area contributed by atoms with E-state index in [2.05, 4.69) is 38.0 Å². The summed E-state index contributed by atoms with van der Waals surface area (Å²) in [5.41, 5.74) is 3.51. The average molecular weight is 297 g/mol. The molecule has 0 aliphatic carbocycles. The number of likely N-dealkylation sites (N-methyl/N-ethyl adjacent to an activating group) is 1. The first kappa shape index (κ1) is 17.9. The molecule has 0 heterocycles. The quantitative estimate of drug-likeness (QED) is 0.572. The maximum atomic E-state index is 14.0. The third-order valence-electron chi connectivity index (χ3n) is 4.50. The largest absolute Gasteiger partial charge is 0.494 e. The fraction of sp³-hybridized carbons (Fsp3) is 0.625. The number of benzene rings is 1. The van der Waals surface area contributed by atoms with Gasteiger partial charge in [0.05, 0.1) is 13.2 Å². The van der Waals surface area contributed by atoms with Gasteiger partial charge in [0, 0.05) is 5.54 Å². The maximum absolute atomic E-state index is 14.0. The van der Waals surface area contributed by atoms with Crippen LogP contribution in [0.2, 0.25) is 0 Å². The van der Waals surface area contributed by atoms with Crippen LogP contribution in [0.4, 0.5) is 4.39 Å². The Balaban J connectivity index is 3.23. The Bertz CT molecular complexity index is 451. The van der Waals surface area contributed by atoms with Crippen LogP contribution >= 0.6 is 0 Å². The summed E-state index contributed by atoms with van der Waals surface area (Å²) in [5, 5.41) is 0. The molecule has 2 atom stereocenters. The summed E-state index contributed by atoms with van der Waals surface area (Å²) in [4.78, 5) is 2.35. The van der Waals surface area contributed by atoms with Crippen LogP contribution in [0, 0.1) is 5.82 Å². The van der Waals surface area contributed by atoms with E-state index in [1.54, 1.807) is 6.07 Å². The van der Waals surface area contributed by atoms with Crippen molar-refractivity contribution in [1.82, 2.24) is 10.3 Å². The van der Waals surface area contributed by atoms with E-state index in [9.17, 15) is 4.39 Å². The Kier molecular flexibility index (Phi) is 6.58. The number of nitrogens with one attached hydrogen (secondary N) is 1. The van der Waals surface area contributed by atoms with Gasteiger partial charge in [0.25, 0.3) is 0 Å². The lowest BCUT2D eigenvalue weighted by molar-refractivity contribution is 0.0697. The van der Waals surface area contributed by atoms with Gasteiger partial charge in [0.15, 0.2) is 11.6 Å². The number of nitrogens with zero attached hydrogens (tertiary/aromatic N) is 1. The summed E-state index contributed by atoms with van der Waals surface area (Å²) in [6, 6.07) is 4.85. The molecule has 0 saturated carbocycles. The maximum Gasteiger partial charge on any atom is 0.165 e. The molecule has 3 N–H and O–H groups in total. The average Bonchev–Trinajstić information content (AvgIpc) is 2.49. The molecule has 0 spiro atoms.